The average molecular weight is 460 g/mol. The van der Waals surface area contributed by atoms with Crippen LogP contribution in [0.3, 0.4) is 0 Å². The number of carbonyl (C=O) groups excluding carboxylic acids is 2. The van der Waals surface area contributed by atoms with Crippen molar-refractivity contribution in [3.05, 3.63) is 57.6 Å². The maximum Gasteiger partial charge on any atom is 0.243 e. The highest BCUT2D eigenvalue weighted by atomic mass is 32.2. The van der Waals surface area contributed by atoms with E-state index >= 15 is 0 Å². The second kappa shape index (κ2) is 10.3. The van der Waals surface area contributed by atoms with Gasteiger partial charge in [-0.1, -0.05) is 35.4 Å². The highest BCUT2D eigenvalue weighted by Crippen LogP contribution is 2.22. The third kappa shape index (κ3) is 6.40. The first kappa shape index (κ1) is 25.5. The monoisotopic (exact) mass is 459 g/mol. The number of amides is 2. The highest BCUT2D eigenvalue weighted by Gasteiger charge is 2.21. The molecule has 174 valence electrons. The summed E-state index contributed by atoms with van der Waals surface area (Å²) in [6, 6.07) is 7.61. The van der Waals surface area contributed by atoms with Crippen molar-refractivity contribution in [1.82, 2.24) is 9.62 Å². The first-order valence-electron chi connectivity index (χ1n) is 10.5. The van der Waals surface area contributed by atoms with Gasteiger partial charge in [0.1, 0.15) is 0 Å². The minimum Gasteiger partial charge on any atom is -0.336 e. The molecule has 0 aromatic heterocycles. The molecule has 2 aromatic rings. The fraction of sp³-hybridized carbons (Fsp3) is 0.417. The number of nitrogens with one attached hydrogen (secondary N) is 2. The van der Waals surface area contributed by atoms with Crippen LogP contribution < -0.4 is 10.0 Å². The van der Waals surface area contributed by atoms with Gasteiger partial charge < -0.3 is 10.2 Å². The summed E-state index contributed by atoms with van der Waals surface area (Å²) in [5.41, 5.74) is 6.10. The standard InChI is InChI=1S/C24H33N3O4S/c1-15-10-17(3)23(18(4)11-15)26-21(28)14-27(7)22(29)8-9-25-32(30,31)24-19(5)12-16(2)13-20(24)6/h10-13,25H,8-9,14H2,1-7H3,(H,26,28). The molecule has 0 saturated heterocycles. The Morgan fingerprint density at radius 1 is 0.844 bits per heavy atom. The SMILES string of the molecule is Cc1cc(C)c(NC(=O)CN(C)C(=O)CCNS(=O)(=O)c2c(C)cc(C)cc2C)c(C)c1. The van der Waals surface area contributed by atoms with Gasteiger partial charge in [0, 0.05) is 25.7 Å². The summed E-state index contributed by atoms with van der Waals surface area (Å²) in [6.45, 7) is 11.1. The van der Waals surface area contributed by atoms with Gasteiger partial charge in [0.25, 0.3) is 0 Å². The zero-order chi connectivity index (χ0) is 24.2. The summed E-state index contributed by atoms with van der Waals surface area (Å²) < 4.78 is 27.9. The molecule has 8 heteroatoms. The predicted molar refractivity (Wildman–Crippen MR) is 127 cm³/mol. The van der Waals surface area contributed by atoms with E-state index < -0.39 is 10.0 Å². The molecule has 0 bridgehead atoms. The summed E-state index contributed by atoms with van der Waals surface area (Å²) >= 11 is 0. The van der Waals surface area contributed by atoms with Crippen LogP contribution in [-0.4, -0.2) is 45.3 Å². The molecule has 32 heavy (non-hydrogen) atoms. The number of anilines is 1. The molecule has 2 N–H and O–H groups in total. The second-order valence-corrected chi connectivity index (χ2v) is 10.2. The van der Waals surface area contributed by atoms with Gasteiger partial charge in [-0.2, -0.15) is 0 Å². The number of carbonyl (C=O) groups is 2. The van der Waals surface area contributed by atoms with Gasteiger partial charge in [0.15, 0.2) is 0 Å². The smallest absolute Gasteiger partial charge is 0.243 e. The lowest BCUT2D eigenvalue weighted by atomic mass is 10.1. The van der Waals surface area contributed by atoms with Gasteiger partial charge in [-0.15, -0.1) is 0 Å². The van der Waals surface area contributed by atoms with Crippen LogP contribution in [0.15, 0.2) is 29.2 Å². The fourth-order valence-electron chi connectivity index (χ4n) is 4.01. The number of hydrogen-bond donors (Lipinski definition) is 2. The van der Waals surface area contributed by atoms with Crippen molar-refractivity contribution in [3.8, 4) is 0 Å². The molecule has 0 atom stereocenters. The Morgan fingerprint density at radius 3 is 1.81 bits per heavy atom. The van der Waals surface area contributed by atoms with E-state index in [9.17, 15) is 18.0 Å². The zero-order valence-corrected chi connectivity index (χ0v) is 20.7. The van der Waals surface area contributed by atoms with Crippen molar-refractivity contribution in [2.45, 2.75) is 52.9 Å². The molecule has 0 aliphatic rings. The first-order valence-corrected chi connectivity index (χ1v) is 12.0. The Labute approximate surface area is 191 Å². The van der Waals surface area contributed by atoms with E-state index in [0.717, 1.165) is 27.9 Å². The van der Waals surface area contributed by atoms with E-state index in [1.807, 2.05) is 52.0 Å². The van der Waals surface area contributed by atoms with Crippen LogP contribution in [-0.2, 0) is 19.6 Å². The predicted octanol–water partition coefficient (Wildman–Crippen LogP) is 3.30. The summed E-state index contributed by atoms with van der Waals surface area (Å²) in [7, 11) is -2.21. The third-order valence-corrected chi connectivity index (χ3v) is 7.02. The molecule has 2 amide bonds. The van der Waals surface area contributed by atoms with E-state index in [1.165, 1.54) is 11.9 Å². The molecular formula is C24H33N3O4S. The fourth-order valence-corrected chi connectivity index (χ4v) is 5.49. The van der Waals surface area contributed by atoms with Crippen molar-refractivity contribution in [2.24, 2.45) is 0 Å². The van der Waals surface area contributed by atoms with Gasteiger partial charge in [-0.3, -0.25) is 9.59 Å². The van der Waals surface area contributed by atoms with Crippen molar-refractivity contribution in [1.29, 1.82) is 0 Å². The number of aryl methyl sites for hydroxylation is 6. The third-order valence-electron chi connectivity index (χ3n) is 5.25. The number of sulfonamides is 1. The second-order valence-electron chi connectivity index (χ2n) is 8.45. The van der Waals surface area contributed by atoms with E-state index in [2.05, 4.69) is 10.0 Å². The molecule has 0 heterocycles. The molecular weight excluding hydrogens is 426 g/mol. The molecule has 0 unspecified atom stereocenters. The Morgan fingerprint density at radius 2 is 1.31 bits per heavy atom. The molecule has 0 radical (unpaired) electrons. The largest absolute Gasteiger partial charge is 0.336 e. The van der Waals surface area contributed by atoms with Gasteiger partial charge in [0.05, 0.1) is 11.4 Å². The van der Waals surface area contributed by atoms with Crippen LogP contribution >= 0.6 is 0 Å². The maximum atomic E-state index is 12.7. The van der Waals surface area contributed by atoms with Crippen LogP contribution in [0, 0.1) is 41.5 Å². The Kier molecular flexibility index (Phi) is 8.20. The Balaban J connectivity index is 1.93. The van der Waals surface area contributed by atoms with Gasteiger partial charge in [0.2, 0.25) is 21.8 Å². The van der Waals surface area contributed by atoms with Crippen LogP contribution in [0.4, 0.5) is 5.69 Å². The topological polar surface area (TPSA) is 95.6 Å². The average Bonchev–Trinajstić information content (AvgIpc) is 2.63. The lowest BCUT2D eigenvalue weighted by Gasteiger charge is -2.19. The van der Waals surface area contributed by atoms with Crippen molar-refractivity contribution < 1.29 is 18.0 Å². The normalized spacial score (nSPS) is 11.3. The number of benzene rings is 2. The van der Waals surface area contributed by atoms with E-state index in [0.29, 0.717) is 11.1 Å². The number of likely N-dealkylation sites (N-methyl/N-ethyl adjacent to an activating group) is 1. The van der Waals surface area contributed by atoms with E-state index in [4.69, 9.17) is 0 Å². The minimum atomic E-state index is -3.74. The van der Waals surface area contributed by atoms with Crippen molar-refractivity contribution in [3.63, 3.8) is 0 Å². The molecule has 2 aromatic carbocycles. The lowest BCUT2D eigenvalue weighted by Crippen LogP contribution is -2.37. The summed E-state index contributed by atoms with van der Waals surface area (Å²) in [5, 5.41) is 2.87. The summed E-state index contributed by atoms with van der Waals surface area (Å²) in [6.07, 6.45) is -0.0461. The van der Waals surface area contributed by atoms with Crippen molar-refractivity contribution >= 4 is 27.5 Å². The summed E-state index contributed by atoms with van der Waals surface area (Å²) in [4.78, 5) is 26.4. The first-order chi connectivity index (χ1) is 14.8. The minimum absolute atomic E-state index is 0.0456. The molecule has 0 aliphatic heterocycles. The zero-order valence-electron chi connectivity index (χ0n) is 19.9. The van der Waals surface area contributed by atoms with Crippen LogP contribution in [0.1, 0.15) is 39.8 Å². The van der Waals surface area contributed by atoms with E-state index in [-0.39, 0.29) is 36.2 Å². The van der Waals surface area contributed by atoms with Crippen LogP contribution in [0.25, 0.3) is 0 Å². The molecule has 0 fully saturated rings. The number of rotatable bonds is 8. The molecule has 2 rings (SSSR count). The molecule has 0 aliphatic carbocycles. The molecule has 0 spiro atoms. The lowest BCUT2D eigenvalue weighted by molar-refractivity contribution is -0.133. The molecule has 0 saturated carbocycles. The van der Waals surface area contributed by atoms with Crippen LogP contribution in [0.5, 0.6) is 0 Å². The number of hydrogen-bond acceptors (Lipinski definition) is 4. The van der Waals surface area contributed by atoms with E-state index in [1.54, 1.807) is 13.8 Å². The quantitative estimate of drug-likeness (QED) is 0.633. The van der Waals surface area contributed by atoms with Gasteiger partial charge in [-0.05, 0) is 63.8 Å². The number of nitrogens with zero attached hydrogens (tertiary/aromatic N) is 1. The van der Waals surface area contributed by atoms with Gasteiger partial charge >= 0.3 is 0 Å². The van der Waals surface area contributed by atoms with Gasteiger partial charge in [-0.25, -0.2) is 13.1 Å². The Bertz CT molecular complexity index is 1090. The molecule has 7 nitrogen and oxygen atoms in total. The maximum absolute atomic E-state index is 12.7. The van der Waals surface area contributed by atoms with Crippen molar-refractivity contribution in [2.75, 3.05) is 25.5 Å². The summed E-state index contributed by atoms with van der Waals surface area (Å²) in [5.74, 6) is -0.625. The van der Waals surface area contributed by atoms with Crippen LogP contribution in [0.2, 0.25) is 0 Å². The highest BCUT2D eigenvalue weighted by molar-refractivity contribution is 7.89. The Hall–Kier alpha value is -2.71.